The highest BCUT2D eigenvalue weighted by molar-refractivity contribution is 7.91. The van der Waals surface area contributed by atoms with Crippen LogP contribution in [-0.2, 0) is 16.3 Å². The number of nitrogens with zero attached hydrogens (tertiary/aromatic N) is 4. The maximum Gasteiger partial charge on any atom is 0.341 e. The number of sulfone groups is 1. The fourth-order valence-electron chi connectivity index (χ4n) is 3.05. The second-order valence-corrected chi connectivity index (χ2v) is 8.32. The highest BCUT2D eigenvalue weighted by Crippen LogP contribution is 2.25. The predicted molar refractivity (Wildman–Crippen MR) is 95.5 cm³/mol. The van der Waals surface area contributed by atoms with Crippen LogP contribution >= 0.6 is 0 Å². The van der Waals surface area contributed by atoms with Crippen molar-refractivity contribution in [1.29, 1.82) is 0 Å². The number of aryl methyl sites for hydroxylation is 1. The van der Waals surface area contributed by atoms with Gasteiger partial charge in [0.15, 0.2) is 5.82 Å². The second kappa shape index (κ2) is 7.89. The largest absolute Gasteiger partial charge is 0.369 e. The Morgan fingerprint density at radius 2 is 1.78 bits per heavy atom. The molecule has 1 aromatic carbocycles. The molecule has 0 N–H and O–H groups in total. The number of benzene rings is 1. The molecule has 1 atom stereocenters. The minimum absolute atomic E-state index is 0.0125. The number of piperazine rings is 1. The molecule has 0 bridgehead atoms. The van der Waals surface area contributed by atoms with Crippen molar-refractivity contribution >= 4 is 15.5 Å². The first kappa shape index (κ1) is 19.7. The van der Waals surface area contributed by atoms with Crippen molar-refractivity contribution in [3.63, 3.8) is 0 Å². The zero-order valence-corrected chi connectivity index (χ0v) is 16.0. The predicted octanol–water partition coefficient (Wildman–Crippen LogP) is 2.51. The first-order valence-electron chi connectivity index (χ1n) is 8.76. The number of hydrogen-bond acceptors (Lipinski definition) is 7. The van der Waals surface area contributed by atoms with Gasteiger partial charge in [0.1, 0.15) is 0 Å². The minimum Gasteiger partial charge on any atom is -0.369 e. The van der Waals surface area contributed by atoms with E-state index in [9.17, 15) is 17.2 Å². The Bertz CT molecular complexity index is 863. The summed E-state index contributed by atoms with van der Waals surface area (Å²) in [6, 6.07) is 5.62. The first-order chi connectivity index (χ1) is 12.8. The Morgan fingerprint density at radius 1 is 1.15 bits per heavy atom. The highest BCUT2D eigenvalue weighted by atomic mass is 32.2. The zero-order chi connectivity index (χ0) is 19.6. The van der Waals surface area contributed by atoms with Gasteiger partial charge in [0.05, 0.1) is 10.9 Å². The normalized spacial score (nSPS) is 17.4. The fourth-order valence-corrected chi connectivity index (χ4v) is 3.78. The number of aromatic nitrogens is 2. The van der Waals surface area contributed by atoms with Crippen LogP contribution in [0.5, 0.6) is 0 Å². The molecule has 10 heteroatoms. The van der Waals surface area contributed by atoms with Gasteiger partial charge in [-0.1, -0.05) is 12.1 Å². The van der Waals surface area contributed by atoms with Crippen LogP contribution in [0.2, 0.25) is 0 Å². The average Bonchev–Trinajstić information content (AvgIpc) is 3.17. The molecule has 1 aromatic heterocycles. The monoisotopic (exact) mass is 400 g/mol. The van der Waals surface area contributed by atoms with Crippen LogP contribution in [0.15, 0.2) is 33.7 Å². The van der Waals surface area contributed by atoms with E-state index < -0.39 is 15.6 Å². The minimum atomic E-state index is -4.56. The lowest BCUT2D eigenvalue weighted by Crippen LogP contribution is -2.47. The third-order valence-corrected chi connectivity index (χ3v) is 6.18. The molecule has 3 rings (SSSR count). The fraction of sp³-hybridized carbons (Fsp3) is 0.529. The summed E-state index contributed by atoms with van der Waals surface area (Å²) in [4.78, 5) is 8.34. The van der Waals surface area contributed by atoms with Gasteiger partial charge in [-0.2, -0.15) is 13.8 Å². The molecule has 1 fully saturated rings. The summed E-state index contributed by atoms with van der Waals surface area (Å²) in [6.07, 6.45) is 0.723. The van der Waals surface area contributed by atoms with E-state index in [0.717, 1.165) is 38.3 Å². The molecule has 0 amide bonds. The molecular weight excluding hydrogens is 378 g/mol. The van der Waals surface area contributed by atoms with Gasteiger partial charge in [0, 0.05) is 38.3 Å². The van der Waals surface area contributed by atoms with Crippen LogP contribution in [0.1, 0.15) is 31.6 Å². The van der Waals surface area contributed by atoms with Gasteiger partial charge < -0.3 is 9.42 Å². The van der Waals surface area contributed by atoms with Gasteiger partial charge >= 0.3 is 5.76 Å². The van der Waals surface area contributed by atoms with Crippen LogP contribution in [0.25, 0.3) is 0 Å². The molecule has 0 aliphatic carbocycles. The first-order valence-corrected chi connectivity index (χ1v) is 10.3. The van der Waals surface area contributed by atoms with E-state index in [1.54, 1.807) is 12.1 Å². The van der Waals surface area contributed by atoms with Crippen LogP contribution in [0.4, 0.5) is 14.5 Å². The maximum absolute atomic E-state index is 12.6. The van der Waals surface area contributed by atoms with E-state index in [1.807, 2.05) is 13.8 Å². The Labute approximate surface area is 156 Å². The number of alkyl halides is 2. The van der Waals surface area contributed by atoms with Crippen molar-refractivity contribution in [2.45, 2.75) is 37.0 Å². The van der Waals surface area contributed by atoms with Crippen molar-refractivity contribution in [2.24, 2.45) is 0 Å². The van der Waals surface area contributed by atoms with Crippen molar-refractivity contribution in [3.05, 3.63) is 36.0 Å². The second-order valence-electron chi connectivity index (χ2n) is 6.40. The summed E-state index contributed by atoms with van der Waals surface area (Å²) in [5.74, 6) is -2.12. The summed E-state index contributed by atoms with van der Waals surface area (Å²) in [7, 11) is -4.56. The van der Waals surface area contributed by atoms with Crippen molar-refractivity contribution in [1.82, 2.24) is 15.0 Å². The average molecular weight is 400 g/mol. The molecule has 0 spiro atoms. The molecule has 7 nitrogen and oxygen atoms in total. The molecule has 1 unspecified atom stereocenters. The van der Waals surface area contributed by atoms with E-state index in [0.29, 0.717) is 11.7 Å². The summed E-state index contributed by atoms with van der Waals surface area (Å²) >= 11 is 0. The van der Waals surface area contributed by atoms with Gasteiger partial charge in [-0.15, -0.1) is 0 Å². The summed E-state index contributed by atoms with van der Waals surface area (Å²) in [6.45, 7) is 6.97. The van der Waals surface area contributed by atoms with Crippen LogP contribution in [0.3, 0.4) is 0 Å². The Kier molecular flexibility index (Phi) is 5.75. The molecule has 27 heavy (non-hydrogen) atoms. The Morgan fingerprint density at radius 3 is 2.30 bits per heavy atom. The quantitative estimate of drug-likeness (QED) is 0.737. The van der Waals surface area contributed by atoms with E-state index in [2.05, 4.69) is 19.9 Å². The lowest BCUT2D eigenvalue weighted by molar-refractivity contribution is 0.164. The van der Waals surface area contributed by atoms with Gasteiger partial charge in [-0.3, -0.25) is 4.90 Å². The van der Waals surface area contributed by atoms with E-state index in [-0.39, 0.29) is 10.9 Å². The van der Waals surface area contributed by atoms with Crippen molar-refractivity contribution in [2.75, 3.05) is 31.1 Å². The summed E-state index contributed by atoms with van der Waals surface area (Å²) < 4.78 is 53.6. The lowest BCUT2D eigenvalue weighted by atomic mass is 10.2. The molecule has 2 aromatic rings. The number of anilines is 1. The topological polar surface area (TPSA) is 79.5 Å². The van der Waals surface area contributed by atoms with Crippen LogP contribution in [-0.4, -0.2) is 55.4 Å². The molecule has 148 valence electrons. The molecule has 1 aliphatic rings. The standard InChI is InChI=1S/C17H22F2N4O3S/c1-3-15-20-16(26-21-15)12(2)22-8-10-23(11-9-22)13-4-6-14(7-5-13)27(24,25)17(18)19/h4-7,12,17H,3,8-11H2,1-2H3. The van der Waals surface area contributed by atoms with E-state index in [4.69, 9.17) is 4.52 Å². The Balaban J connectivity index is 1.62. The van der Waals surface area contributed by atoms with Crippen molar-refractivity contribution in [3.8, 4) is 0 Å². The summed E-state index contributed by atoms with van der Waals surface area (Å²) in [5.41, 5.74) is 0.807. The molecule has 1 saturated heterocycles. The van der Waals surface area contributed by atoms with Gasteiger partial charge in [0.2, 0.25) is 15.7 Å². The molecular formula is C17H22F2N4O3S. The number of rotatable bonds is 6. The Hall–Kier alpha value is -2.07. The summed E-state index contributed by atoms with van der Waals surface area (Å²) in [5, 5.41) is 3.93. The van der Waals surface area contributed by atoms with Crippen LogP contribution < -0.4 is 4.90 Å². The van der Waals surface area contributed by atoms with Crippen molar-refractivity contribution < 1.29 is 21.7 Å². The third kappa shape index (κ3) is 4.11. The molecule has 0 radical (unpaired) electrons. The number of halogens is 2. The third-order valence-electron chi connectivity index (χ3n) is 4.78. The lowest BCUT2D eigenvalue weighted by Gasteiger charge is -2.38. The van der Waals surface area contributed by atoms with Gasteiger partial charge in [0.25, 0.3) is 0 Å². The zero-order valence-electron chi connectivity index (χ0n) is 15.2. The maximum atomic E-state index is 12.6. The molecule has 1 aliphatic heterocycles. The van der Waals surface area contributed by atoms with Gasteiger partial charge in [-0.25, -0.2) is 8.42 Å². The van der Waals surface area contributed by atoms with E-state index >= 15 is 0 Å². The van der Waals surface area contributed by atoms with E-state index in [1.165, 1.54) is 12.1 Å². The SMILES string of the molecule is CCc1noc(C(C)N2CCN(c3ccc(S(=O)(=O)C(F)F)cc3)CC2)n1. The molecule has 2 heterocycles. The van der Waals surface area contributed by atoms with Gasteiger partial charge in [-0.05, 0) is 31.2 Å². The smallest absolute Gasteiger partial charge is 0.341 e. The highest BCUT2D eigenvalue weighted by Gasteiger charge is 2.28. The van der Waals surface area contributed by atoms with Crippen LogP contribution in [0, 0.1) is 0 Å². The molecule has 0 saturated carbocycles. The number of hydrogen-bond donors (Lipinski definition) is 0.